The molecule has 15 heavy (non-hydrogen) atoms. The first-order valence-electron chi connectivity index (χ1n) is 4.72. The zero-order chi connectivity index (χ0) is 11.5. The number of halogens is 2. The largest absolute Gasteiger partial charge is 0.496 e. The predicted octanol–water partition coefficient (Wildman–Crippen LogP) is 2.39. The monoisotopic (exact) mass is 215 g/mol. The Kier molecular flexibility index (Phi) is 3.63. The first kappa shape index (κ1) is 11.9. The van der Waals surface area contributed by atoms with Gasteiger partial charge < -0.3 is 10.1 Å². The van der Waals surface area contributed by atoms with E-state index in [1.165, 1.54) is 33.2 Å². The minimum atomic E-state index is -2.94. The van der Waals surface area contributed by atoms with Crippen molar-refractivity contribution in [3.63, 3.8) is 0 Å². The lowest BCUT2D eigenvalue weighted by Crippen LogP contribution is -2.38. The molecule has 1 unspecified atom stereocenters. The topological polar surface area (TPSA) is 21.3 Å². The van der Waals surface area contributed by atoms with Gasteiger partial charge in [-0.3, -0.25) is 0 Å². The van der Waals surface area contributed by atoms with Gasteiger partial charge in [0.15, 0.2) is 0 Å². The Morgan fingerprint density at radius 2 is 1.93 bits per heavy atom. The number of ether oxygens (including phenoxy) is 1. The molecule has 1 N–H and O–H groups in total. The standard InChI is InChI=1S/C11H15F2NO/c1-8(14-2)11(12,13)9-6-4-5-7-10(9)15-3/h4-8,14H,1-3H3. The van der Waals surface area contributed by atoms with E-state index in [1.807, 2.05) is 0 Å². The predicted molar refractivity (Wildman–Crippen MR) is 55.4 cm³/mol. The molecule has 0 radical (unpaired) electrons. The van der Waals surface area contributed by atoms with E-state index in [1.54, 1.807) is 12.1 Å². The van der Waals surface area contributed by atoms with Gasteiger partial charge in [-0.2, -0.15) is 8.78 Å². The second-order valence-electron chi connectivity index (χ2n) is 3.33. The normalized spacial score (nSPS) is 13.7. The second-order valence-corrected chi connectivity index (χ2v) is 3.33. The summed E-state index contributed by atoms with van der Waals surface area (Å²) in [6, 6.07) is 5.23. The fourth-order valence-corrected chi connectivity index (χ4v) is 1.33. The summed E-state index contributed by atoms with van der Waals surface area (Å²) < 4.78 is 32.6. The number of hydrogen-bond acceptors (Lipinski definition) is 2. The molecule has 0 saturated carbocycles. The molecule has 0 amide bonds. The van der Waals surface area contributed by atoms with Gasteiger partial charge in [-0.1, -0.05) is 12.1 Å². The van der Waals surface area contributed by atoms with Gasteiger partial charge in [0.1, 0.15) is 5.75 Å². The van der Waals surface area contributed by atoms with E-state index in [-0.39, 0.29) is 11.3 Å². The van der Waals surface area contributed by atoms with Crippen LogP contribution in [0.1, 0.15) is 12.5 Å². The van der Waals surface area contributed by atoms with Gasteiger partial charge in [0.2, 0.25) is 0 Å². The summed E-state index contributed by atoms with van der Waals surface area (Å²) in [5.74, 6) is -2.73. The number of likely N-dealkylation sites (N-methyl/N-ethyl adjacent to an activating group) is 1. The fraction of sp³-hybridized carbons (Fsp3) is 0.455. The van der Waals surface area contributed by atoms with Crippen LogP contribution >= 0.6 is 0 Å². The Morgan fingerprint density at radius 3 is 2.47 bits per heavy atom. The Labute approximate surface area is 88.3 Å². The van der Waals surface area contributed by atoms with Gasteiger partial charge >= 0.3 is 0 Å². The van der Waals surface area contributed by atoms with Crippen LogP contribution in [0.5, 0.6) is 5.75 Å². The van der Waals surface area contributed by atoms with Crippen molar-refractivity contribution in [1.82, 2.24) is 5.32 Å². The summed E-state index contributed by atoms with van der Waals surface area (Å²) in [5.41, 5.74) is -0.0886. The van der Waals surface area contributed by atoms with Crippen LogP contribution in [0.2, 0.25) is 0 Å². The van der Waals surface area contributed by atoms with Crippen molar-refractivity contribution in [3.8, 4) is 5.75 Å². The van der Waals surface area contributed by atoms with Crippen molar-refractivity contribution in [2.45, 2.75) is 18.9 Å². The van der Waals surface area contributed by atoms with Gasteiger partial charge in [-0.25, -0.2) is 0 Å². The van der Waals surface area contributed by atoms with Crippen LogP contribution in [0.3, 0.4) is 0 Å². The highest BCUT2D eigenvalue weighted by atomic mass is 19.3. The number of hydrogen-bond donors (Lipinski definition) is 1. The molecule has 0 aliphatic carbocycles. The summed E-state index contributed by atoms with van der Waals surface area (Å²) in [6.45, 7) is 1.44. The molecule has 2 nitrogen and oxygen atoms in total. The lowest BCUT2D eigenvalue weighted by atomic mass is 10.0. The summed E-state index contributed by atoms with van der Waals surface area (Å²) in [4.78, 5) is 0. The van der Waals surface area contributed by atoms with E-state index in [9.17, 15) is 8.78 Å². The number of methoxy groups -OCH3 is 1. The third kappa shape index (κ3) is 2.26. The molecule has 1 atom stereocenters. The van der Waals surface area contributed by atoms with Crippen LogP contribution < -0.4 is 10.1 Å². The van der Waals surface area contributed by atoms with E-state index in [2.05, 4.69) is 5.32 Å². The van der Waals surface area contributed by atoms with Crippen molar-refractivity contribution in [2.75, 3.05) is 14.2 Å². The highest BCUT2D eigenvalue weighted by molar-refractivity contribution is 5.37. The van der Waals surface area contributed by atoms with Crippen molar-refractivity contribution in [3.05, 3.63) is 29.8 Å². The quantitative estimate of drug-likeness (QED) is 0.832. The molecule has 84 valence electrons. The highest BCUT2D eigenvalue weighted by Gasteiger charge is 2.39. The van der Waals surface area contributed by atoms with E-state index < -0.39 is 12.0 Å². The molecule has 1 aromatic rings. The molecule has 0 spiro atoms. The van der Waals surface area contributed by atoms with E-state index >= 15 is 0 Å². The lowest BCUT2D eigenvalue weighted by molar-refractivity contribution is -0.0372. The molecule has 0 fully saturated rings. The SMILES string of the molecule is CNC(C)C(F)(F)c1ccccc1OC. The average molecular weight is 215 g/mol. The van der Waals surface area contributed by atoms with Crippen LogP contribution in [-0.2, 0) is 5.92 Å². The van der Waals surface area contributed by atoms with E-state index in [0.29, 0.717) is 0 Å². The number of rotatable bonds is 4. The van der Waals surface area contributed by atoms with Crippen LogP contribution in [-0.4, -0.2) is 20.2 Å². The maximum Gasteiger partial charge on any atom is 0.291 e. The van der Waals surface area contributed by atoms with Gasteiger partial charge in [-0.05, 0) is 26.1 Å². The first-order valence-corrected chi connectivity index (χ1v) is 4.72. The summed E-state index contributed by atoms with van der Waals surface area (Å²) in [7, 11) is 2.90. The van der Waals surface area contributed by atoms with Gasteiger partial charge in [0, 0.05) is 0 Å². The minimum Gasteiger partial charge on any atom is -0.496 e. The van der Waals surface area contributed by atoms with Gasteiger partial charge in [-0.15, -0.1) is 0 Å². The zero-order valence-electron chi connectivity index (χ0n) is 9.05. The molecule has 0 aliphatic heterocycles. The molecular formula is C11H15F2NO. The molecular weight excluding hydrogens is 200 g/mol. The fourth-order valence-electron chi connectivity index (χ4n) is 1.33. The van der Waals surface area contributed by atoms with Crippen molar-refractivity contribution < 1.29 is 13.5 Å². The summed E-state index contributed by atoms with van der Waals surface area (Å²) >= 11 is 0. The number of para-hydroxylation sites is 1. The molecule has 0 heterocycles. The Morgan fingerprint density at radius 1 is 1.33 bits per heavy atom. The van der Waals surface area contributed by atoms with Gasteiger partial charge in [0.05, 0.1) is 18.7 Å². The lowest BCUT2D eigenvalue weighted by Gasteiger charge is -2.25. The maximum absolute atomic E-state index is 13.9. The van der Waals surface area contributed by atoms with Crippen molar-refractivity contribution in [1.29, 1.82) is 0 Å². The molecule has 1 aromatic carbocycles. The average Bonchev–Trinajstić information content (AvgIpc) is 2.27. The second kappa shape index (κ2) is 4.57. The highest BCUT2D eigenvalue weighted by Crippen LogP contribution is 2.37. The smallest absolute Gasteiger partial charge is 0.291 e. The van der Waals surface area contributed by atoms with Crippen LogP contribution in [0.25, 0.3) is 0 Å². The van der Waals surface area contributed by atoms with Crippen molar-refractivity contribution in [2.24, 2.45) is 0 Å². The van der Waals surface area contributed by atoms with Crippen LogP contribution in [0.15, 0.2) is 24.3 Å². The third-order valence-electron chi connectivity index (χ3n) is 2.44. The third-order valence-corrected chi connectivity index (χ3v) is 2.44. The molecule has 1 rings (SSSR count). The molecule has 0 saturated heterocycles. The molecule has 0 bridgehead atoms. The summed E-state index contributed by atoms with van der Waals surface area (Å²) in [5, 5.41) is 2.55. The molecule has 0 aliphatic rings. The Balaban J connectivity index is 3.13. The summed E-state index contributed by atoms with van der Waals surface area (Å²) in [6.07, 6.45) is 0. The van der Waals surface area contributed by atoms with Gasteiger partial charge in [0.25, 0.3) is 5.92 Å². The number of nitrogens with one attached hydrogen (secondary N) is 1. The number of alkyl halides is 2. The van der Waals surface area contributed by atoms with Crippen molar-refractivity contribution >= 4 is 0 Å². The zero-order valence-corrected chi connectivity index (χ0v) is 9.05. The van der Waals surface area contributed by atoms with Crippen LogP contribution in [0, 0.1) is 0 Å². The van der Waals surface area contributed by atoms with E-state index in [4.69, 9.17) is 4.74 Å². The first-order chi connectivity index (χ1) is 7.04. The Bertz CT molecular complexity index is 328. The Hall–Kier alpha value is -1.16. The minimum absolute atomic E-state index is 0.0886. The molecule has 4 heteroatoms. The maximum atomic E-state index is 13.9. The number of benzene rings is 1. The van der Waals surface area contributed by atoms with Crippen LogP contribution in [0.4, 0.5) is 8.78 Å². The molecule has 0 aromatic heterocycles. The van der Waals surface area contributed by atoms with E-state index in [0.717, 1.165) is 0 Å².